The molecule has 0 N–H and O–H groups in total. The summed E-state index contributed by atoms with van der Waals surface area (Å²) in [5, 5.41) is 0. The number of unbranched alkanes of at least 4 members (excludes halogenated alkanes) is 7. The number of carbonyl (C=O) groups is 2. The highest BCUT2D eigenvalue weighted by atomic mass is 16.6. The molecule has 5 nitrogen and oxygen atoms in total. The second-order valence-corrected chi connectivity index (χ2v) is 6.44. The molecular formula is C20H33NO4. The van der Waals surface area contributed by atoms with Gasteiger partial charge in [0.05, 0.1) is 6.61 Å². The Morgan fingerprint density at radius 1 is 0.960 bits per heavy atom. The van der Waals surface area contributed by atoms with Crippen LogP contribution in [0.5, 0.6) is 0 Å². The molecule has 0 radical (unpaired) electrons. The summed E-state index contributed by atoms with van der Waals surface area (Å²) in [6, 6.07) is -0.498. The molecule has 1 fully saturated rings. The number of hydrogen-bond acceptors (Lipinski definition) is 4. The van der Waals surface area contributed by atoms with Gasteiger partial charge in [0.15, 0.2) is 0 Å². The molecule has 1 rings (SSSR count). The lowest BCUT2D eigenvalue weighted by Crippen LogP contribution is -2.41. The summed E-state index contributed by atoms with van der Waals surface area (Å²) in [6.45, 7) is 8.37. The molecule has 1 heterocycles. The summed E-state index contributed by atoms with van der Waals surface area (Å²) < 4.78 is 10.4. The number of carbonyl (C=O) groups excluding carboxylic acids is 2. The van der Waals surface area contributed by atoms with Gasteiger partial charge in [0.1, 0.15) is 12.6 Å². The van der Waals surface area contributed by atoms with Gasteiger partial charge in [-0.25, -0.2) is 9.59 Å². The molecule has 1 saturated heterocycles. The molecule has 1 aliphatic heterocycles. The fraction of sp³-hybridized carbons (Fsp3) is 0.700. The normalized spacial score (nSPS) is 16.5. The van der Waals surface area contributed by atoms with Crippen molar-refractivity contribution in [2.45, 2.75) is 70.3 Å². The van der Waals surface area contributed by atoms with Crippen molar-refractivity contribution in [3.05, 3.63) is 25.3 Å². The van der Waals surface area contributed by atoms with Crippen LogP contribution in [0.1, 0.15) is 64.2 Å². The average Bonchev–Trinajstić information content (AvgIpc) is 3.11. The van der Waals surface area contributed by atoms with E-state index in [0.29, 0.717) is 19.6 Å². The van der Waals surface area contributed by atoms with Crippen LogP contribution in [-0.2, 0) is 14.3 Å². The number of esters is 1. The molecule has 0 aromatic heterocycles. The zero-order valence-corrected chi connectivity index (χ0v) is 15.4. The minimum absolute atomic E-state index is 0.157. The second-order valence-electron chi connectivity index (χ2n) is 6.44. The van der Waals surface area contributed by atoms with E-state index in [4.69, 9.17) is 9.47 Å². The molecule has 0 spiro atoms. The summed E-state index contributed by atoms with van der Waals surface area (Å²) in [5.74, 6) is -0.308. The molecular weight excluding hydrogens is 318 g/mol. The van der Waals surface area contributed by atoms with E-state index in [9.17, 15) is 9.59 Å². The Morgan fingerprint density at radius 3 is 2.32 bits per heavy atom. The number of nitrogens with zero attached hydrogens (tertiary/aromatic N) is 1. The average molecular weight is 351 g/mol. The van der Waals surface area contributed by atoms with Crippen molar-refractivity contribution in [1.29, 1.82) is 0 Å². The molecule has 1 unspecified atom stereocenters. The van der Waals surface area contributed by atoms with Crippen LogP contribution in [0.3, 0.4) is 0 Å². The predicted molar refractivity (Wildman–Crippen MR) is 99.4 cm³/mol. The van der Waals surface area contributed by atoms with Crippen LogP contribution < -0.4 is 0 Å². The molecule has 0 aromatic carbocycles. The quantitative estimate of drug-likeness (QED) is 0.276. The topological polar surface area (TPSA) is 55.8 Å². The van der Waals surface area contributed by atoms with E-state index < -0.39 is 12.1 Å². The first-order chi connectivity index (χ1) is 12.2. The highest BCUT2D eigenvalue weighted by Gasteiger charge is 2.36. The van der Waals surface area contributed by atoms with Crippen LogP contribution in [0.25, 0.3) is 0 Å². The second kappa shape index (κ2) is 13.5. The smallest absolute Gasteiger partial charge is 0.410 e. The van der Waals surface area contributed by atoms with Gasteiger partial charge in [-0.2, -0.15) is 0 Å². The van der Waals surface area contributed by atoms with E-state index in [0.717, 1.165) is 25.7 Å². The maximum atomic E-state index is 12.2. The van der Waals surface area contributed by atoms with Crippen molar-refractivity contribution < 1.29 is 19.1 Å². The first-order valence-electron chi connectivity index (χ1n) is 9.52. The lowest BCUT2D eigenvalue weighted by atomic mass is 10.1. The van der Waals surface area contributed by atoms with Crippen LogP contribution in [-0.4, -0.2) is 42.8 Å². The SMILES string of the molecule is C=CCCCCCCCCCOC(=O)C1CCCN1C(=O)OCC=C. The van der Waals surface area contributed by atoms with Gasteiger partial charge in [-0.05, 0) is 32.1 Å². The summed E-state index contributed by atoms with van der Waals surface area (Å²) in [7, 11) is 0. The molecule has 0 aliphatic carbocycles. The first-order valence-corrected chi connectivity index (χ1v) is 9.52. The van der Waals surface area contributed by atoms with Gasteiger partial charge in [-0.15, -0.1) is 6.58 Å². The van der Waals surface area contributed by atoms with Gasteiger partial charge < -0.3 is 9.47 Å². The molecule has 0 aromatic rings. The standard InChI is InChI=1S/C20H33NO4/c1-3-5-6-7-8-9-10-11-12-17-24-19(22)18-14-13-15-21(18)20(23)25-16-4-2/h3-4,18H,1-2,5-17H2. The molecule has 1 aliphatic rings. The number of hydrogen-bond donors (Lipinski definition) is 0. The lowest BCUT2D eigenvalue weighted by molar-refractivity contribution is -0.148. The van der Waals surface area contributed by atoms with E-state index in [1.54, 1.807) is 0 Å². The maximum absolute atomic E-state index is 12.2. The minimum Gasteiger partial charge on any atom is -0.464 e. The lowest BCUT2D eigenvalue weighted by Gasteiger charge is -2.22. The van der Waals surface area contributed by atoms with Crippen LogP contribution in [0, 0.1) is 0 Å². The first kappa shape index (κ1) is 21.3. The number of amides is 1. The van der Waals surface area contributed by atoms with Crippen LogP contribution in [0.15, 0.2) is 25.3 Å². The Kier molecular flexibility index (Phi) is 11.5. The van der Waals surface area contributed by atoms with E-state index >= 15 is 0 Å². The number of rotatable bonds is 13. The maximum Gasteiger partial charge on any atom is 0.410 e. The van der Waals surface area contributed by atoms with E-state index in [1.165, 1.54) is 43.1 Å². The third-order valence-corrected chi connectivity index (χ3v) is 4.38. The van der Waals surface area contributed by atoms with Gasteiger partial charge in [-0.3, -0.25) is 4.90 Å². The Balaban J connectivity index is 2.10. The molecule has 1 atom stereocenters. The molecule has 5 heteroatoms. The Hall–Kier alpha value is -1.78. The number of ether oxygens (including phenoxy) is 2. The van der Waals surface area contributed by atoms with Crippen molar-refractivity contribution in [3.8, 4) is 0 Å². The summed E-state index contributed by atoms with van der Waals surface area (Å²) in [5.41, 5.74) is 0. The monoisotopic (exact) mass is 351 g/mol. The molecule has 25 heavy (non-hydrogen) atoms. The van der Waals surface area contributed by atoms with Gasteiger partial charge in [0.25, 0.3) is 0 Å². The van der Waals surface area contributed by atoms with Gasteiger partial charge in [0.2, 0.25) is 0 Å². The van der Waals surface area contributed by atoms with Crippen LogP contribution in [0.2, 0.25) is 0 Å². The van der Waals surface area contributed by atoms with Crippen molar-refractivity contribution in [3.63, 3.8) is 0 Å². The fourth-order valence-electron chi connectivity index (χ4n) is 2.99. The highest BCUT2D eigenvalue weighted by molar-refractivity contribution is 5.82. The third kappa shape index (κ3) is 8.75. The number of likely N-dealkylation sites (tertiary alicyclic amines) is 1. The van der Waals surface area contributed by atoms with E-state index in [1.807, 2.05) is 6.08 Å². The van der Waals surface area contributed by atoms with Crippen LogP contribution in [0.4, 0.5) is 4.79 Å². The van der Waals surface area contributed by atoms with Gasteiger partial charge in [0, 0.05) is 6.54 Å². The molecule has 142 valence electrons. The van der Waals surface area contributed by atoms with Gasteiger partial charge in [-0.1, -0.05) is 50.8 Å². The van der Waals surface area contributed by atoms with Gasteiger partial charge >= 0.3 is 12.1 Å². The Labute approximate surface area is 152 Å². The summed E-state index contributed by atoms with van der Waals surface area (Å²) in [6.07, 6.45) is 13.7. The summed E-state index contributed by atoms with van der Waals surface area (Å²) >= 11 is 0. The van der Waals surface area contributed by atoms with Crippen molar-refractivity contribution in [2.75, 3.05) is 19.8 Å². The van der Waals surface area contributed by atoms with Crippen molar-refractivity contribution in [1.82, 2.24) is 4.90 Å². The zero-order valence-electron chi connectivity index (χ0n) is 15.4. The van der Waals surface area contributed by atoms with Crippen molar-refractivity contribution >= 4 is 12.1 Å². The molecule has 0 bridgehead atoms. The van der Waals surface area contributed by atoms with Crippen LogP contribution >= 0.6 is 0 Å². The number of allylic oxidation sites excluding steroid dienone is 1. The third-order valence-electron chi connectivity index (χ3n) is 4.38. The highest BCUT2D eigenvalue weighted by Crippen LogP contribution is 2.20. The zero-order chi connectivity index (χ0) is 18.3. The van der Waals surface area contributed by atoms with Crippen molar-refractivity contribution in [2.24, 2.45) is 0 Å². The molecule has 1 amide bonds. The predicted octanol–water partition coefficient (Wildman–Crippen LogP) is 4.62. The summed E-state index contributed by atoms with van der Waals surface area (Å²) in [4.78, 5) is 25.5. The Morgan fingerprint density at radius 2 is 1.64 bits per heavy atom. The molecule has 0 saturated carbocycles. The van der Waals surface area contributed by atoms with E-state index in [2.05, 4.69) is 13.2 Å². The largest absolute Gasteiger partial charge is 0.464 e. The van der Waals surface area contributed by atoms with E-state index in [-0.39, 0.29) is 12.6 Å². The Bertz CT molecular complexity index is 422. The minimum atomic E-state index is -0.498. The fourth-order valence-corrected chi connectivity index (χ4v) is 2.99.